The summed E-state index contributed by atoms with van der Waals surface area (Å²) in [6.07, 6.45) is 2.91. The minimum atomic E-state index is 0.367. The Bertz CT molecular complexity index is 442. The fourth-order valence-electron chi connectivity index (χ4n) is 3.27. The second kappa shape index (κ2) is 6.25. The van der Waals surface area contributed by atoms with Gasteiger partial charge in [-0.2, -0.15) is 0 Å². The normalized spacial score (nSPS) is 31.0. The van der Waals surface area contributed by atoms with Gasteiger partial charge < -0.3 is 15.0 Å². The lowest BCUT2D eigenvalue weighted by Gasteiger charge is -2.38. The van der Waals surface area contributed by atoms with E-state index in [4.69, 9.17) is 4.74 Å². The van der Waals surface area contributed by atoms with E-state index < -0.39 is 0 Å². The van der Waals surface area contributed by atoms with Gasteiger partial charge in [0.05, 0.1) is 12.7 Å². The third-order valence-electron chi connectivity index (χ3n) is 4.63. The highest BCUT2D eigenvalue weighted by Gasteiger charge is 2.30. The quantitative estimate of drug-likeness (QED) is 0.910. The largest absolute Gasteiger partial charge is 0.374 e. The number of likely N-dealkylation sites (N-methyl/N-ethyl adjacent to an activating group) is 1. The zero-order valence-corrected chi connectivity index (χ0v) is 12.6. The van der Waals surface area contributed by atoms with Crippen molar-refractivity contribution < 1.29 is 4.74 Å². The molecule has 0 spiro atoms. The monoisotopic (exact) mass is 274 g/mol. The van der Waals surface area contributed by atoms with Crippen molar-refractivity contribution in [2.45, 2.75) is 37.8 Å². The summed E-state index contributed by atoms with van der Waals surface area (Å²) >= 11 is 0. The number of morpholine rings is 1. The molecule has 20 heavy (non-hydrogen) atoms. The van der Waals surface area contributed by atoms with Gasteiger partial charge in [0.2, 0.25) is 0 Å². The molecular formula is C17H26N2O. The lowest BCUT2D eigenvalue weighted by molar-refractivity contribution is -0.0207. The van der Waals surface area contributed by atoms with Crippen molar-refractivity contribution >= 4 is 0 Å². The molecule has 3 heteroatoms. The molecule has 3 rings (SSSR count). The number of nitrogens with one attached hydrogen (secondary N) is 1. The van der Waals surface area contributed by atoms with Gasteiger partial charge in [-0.25, -0.2) is 0 Å². The molecule has 0 aromatic heterocycles. The molecular weight excluding hydrogens is 248 g/mol. The summed E-state index contributed by atoms with van der Waals surface area (Å²) in [4.78, 5) is 2.35. The molecule has 1 atom stereocenters. The van der Waals surface area contributed by atoms with Gasteiger partial charge in [0.15, 0.2) is 0 Å². The standard InChI is InChI=1S/C17H26N2O/c1-13-4-3-5-14(8-13)15-9-16(10-15)18-11-17-12-19(2)6-7-20-17/h3-5,8,15-18H,6-7,9-12H2,1-2H3. The number of hydrogen-bond donors (Lipinski definition) is 1. The highest BCUT2D eigenvalue weighted by atomic mass is 16.5. The van der Waals surface area contributed by atoms with Crippen LogP contribution in [0.25, 0.3) is 0 Å². The van der Waals surface area contributed by atoms with Crippen molar-refractivity contribution in [3.63, 3.8) is 0 Å². The van der Waals surface area contributed by atoms with Crippen molar-refractivity contribution in [1.29, 1.82) is 0 Å². The molecule has 3 nitrogen and oxygen atoms in total. The lowest BCUT2D eigenvalue weighted by atomic mass is 9.75. The van der Waals surface area contributed by atoms with E-state index in [1.807, 2.05) is 0 Å². The highest BCUT2D eigenvalue weighted by molar-refractivity contribution is 5.27. The van der Waals surface area contributed by atoms with Gasteiger partial charge in [-0.1, -0.05) is 29.8 Å². The van der Waals surface area contributed by atoms with E-state index in [9.17, 15) is 0 Å². The SMILES string of the molecule is Cc1cccc(C2CC(NCC3CN(C)CCO3)C2)c1. The number of hydrogen-bond acceptors (Lipinski definition) is 3. The van der Waals surface area contributed by atoms with Gasteiger partial charge >= 0.3 is 0 Å². The van der Waals surface area contributed by atoms with Gasteiger partial charge in [0, 0.05) is 25.7 Å². The number of rotatable bonds is 4. The average molecular weight is 274 g/mol. The van der Waals surface area contributed by atoms with Crippen LogP contribution in [-0.4, -0.2) is 50.3 Å². The van der Waals surface area contributed by atoms with E-state index >= 15 is 0 Å². The second-order valence-electron chi connectivity index (χ2n) is 6.44. The molecule has 1 heterocycles. The maximum atomic E-state index is 5.79. The van der Waals surface area contributed by atoms with Crippen molar-refractivity contribution in [3.8, 4) is 0 Å². The fourth-order valence-corrected chi connectivity index (χ4v) is 3.27. The zero-order chi connectivity index (χ0) is 13.9. The molecule has 0 bridgehead atoms. The molecule has 0 radical (unpaired) electrons. The molecule has 1 saturated heterocycles. The third-order valence-corrected chi connectivity index (χ3v) is 4.63. The van der Waals surface area contributed by atoms with Crippen LogP contribution in [0.2, 0.25) is 0 Å². The molecule has 1 unspecified atom stereocenters. The van der Waals surface area contributed by atoms with Gasteiger partial charge in [0.25, 0.3) is 0 Å². The molecule has 1 N–H and O–H groups in total. The molecule has 1 aliphatic heterocycles. The first kappa shape index (κ1) is 14.1. The summed E-state index contributed by atoms with van der Waals surface area (Å²) in [5.41, 5.74) is 2.88. The molecule has 110 valence electrons. The van der Waals surface area contributed by atoms with Crippen molar-refractivity contribution in [1.82, 2.24) is 10.2 Å². The molecule has 1 aromatic carbocycles. The lowest BCUT2D eigenvalue weighted by Crippen LogP contribution is -2.49. The maximum Gasteiger partial charge on any atom is 0.0826 e. The first-order chi connectivity index (χ1) is 9.70. The summed E-state index contributed by atoms with van der Waals surface area (Å²) in [6, 6.07) is 9.63. The molecule has 1 aliphatic carbocycles. The van der Waals surface area contributed by atoms with Crippen molar-refractivity contribution in [2.75, 3.05) is 33.3 Å². The Morgan fingerprint density at radius 2 is 2.20 bits per heavy atom. The van der Waals surface area contributed by atoms with Gasteiger partial charge in [-0.05, 0) is 38.3 Å². The topological polar surface area (TPSA) is 24.5 Å². The second-order valence-corrected chi connectivity index (χ2v) is 6.44. The Hall–Kier alpha value is -0.900. The van der Waals surface area contributed by atoms with Crippen LogP contribution in [0.1, 0.15) is 29.9 Å². The van der Waals surface area contributed by atoms with Crippen LogP contribution in [0.15, 0.2) is 24.3 Å². The third kappa shape index (κ3) is 3.40. The van der Waals surface area contributed by atoms with Crippen LogP contribution in [0.3, 0.4) is 0 Å². The molecule has 0 amide bonds. The van der Waals surface area contributed by atoms with E-state index in [0.717, 1.165) is 32.2 Å². The molecule has 2 fully saturated rings. The van der Waals surface area contributed by atoms with Crippen LogP contribution in [0.5, 0.6) is 0 Å². The molecule has 2 aliphatic rings. The summed E-state index contributed by atoms with van der Waals surface area (Å²) in [6.45, 7) is 6.17. The van der Waals surface area contributed by atoms with E-state index in [-0.39, 0.29) is 0 Å². The predicted molar refractivity (Wildman–Crippen MR) is 82.2 cm³/mol. The molecule has 1 aromatic rings. The average Bonchev–Trinajstić information content (AvgIpc) is 2.37. The Kier molecular flexibility index (Phi) is 4.39. The Morgan fingerprint density at radius 1 is 1.35 bits per heavy atom. The van der Waals surface area contributed by atoms with Gasteiger partial charge in [-0.15, -0.1) is 0 Å². The van der Waals surface area contributed by atoms with E-state index in [2.05, 4.69) is 48.5 Å². The Labute approximate surface area is 122 Å². The van der Waals surface area contributed by atoms with E-state index in [1.54, 1.807) is 0 Å². The van der Waals surface area contributed by atoms with Crippen LogP contribution < -0.4 is 5.32 Å². The summed E-state index contributed by atoms with van der Waals surface area (Å²) in [5, 5.41) is 3.67. The van der Waals surface area contributed by atoms with Crippen LogP contribution in [0, 0.1) is 6.92 Å². The summed E-state index contributed by atoms with van der Waals surface area (Å²) in [5.74, 6) is 0.752. The first-order valence-electron chi connectivity index (χ1n) is 7.81. The van der Waals surface area contributed by atoms with Crippen LogP contribution >= 0.6 is 0 Å². The minimum absolute atomic E-state index is 0.367. The Morgan fingerprint density at radius 3 is 2.95 bits per heavy atom. The van der Waals surface area contributed by atoms with Crippen LogP contribution in [-0.2, 0) is 4.74 Å². The molecule has 1 saturated carbocycles. The number of nitrogens with zero attached hydrogens (tertiary/aromatic N) is 1. The van der Waals surface area contributed by atoms with Gasteiger partial charge in [0.1, 0.15) is 0 Å². The van der Waals surface area contributed by atoms with E-state index in [0.29, 0.717) is 12.1 Å². The van der Waals surface area contributed by atoms with Crippen molar-refractivity contribution in [3.05, 3.63) is 35.4 Å². The van der Waals surface area contributed by atoms with Gasteiger partial charge in [-0.3, -0.25) is 0 Å². The maximum absolute atomic E-state index is 5.79. The summed E-state index contributed by atoms with van der Waals surface area (Å²) in [7, 11) is 2.17. The fraction of sp³-hybridized carbons (Fsp3) is 0.647. The smallest absolute Gasteiger partial charge is 0.0826 e. The number of benzene rings is 1. The van der Waals surface area contributed by atoms with Crippen molar-refractivity contribution in [2.24, 2.45) is 0 Å². The predicted octanol–water partition coefficient (Wildman–Crippen LogP) is 2.16. The highest BCUT2D eigenvalue weighted by Crippen LogP contribution is 2.37. The van der Waals surface area contributed by atoms with Crippen LogP contribution in [0.4, 0.5) is 0 Å². The number of aryl methyl sites for hydroxylation is 1. The zero-order valence-electron chi connectivity index (χ0n) is 12.6. The summed E-state index contributed by atoms with van der Waals surface area (Å²) < 4.78 is 5.79. The van der Waals surface area contributed by atoms with E-state index in [1.165, 1.54) is 24.0 Å². The minimum Gasteiger partial charge on any atom is -0.374 e. The number of ether oxygens (including phenoxy) is 1. The Balaban J connectivity index is 1.40. The first-order valence-corrected chi connectivity index (χ1v) is 7.81.